The van der Waals surface area contributed by atoms with E-state index in [4.69, 9.17) is 0 Å². The fourth-order valence-electron chi connectivity index (χ4n) is 3.63. The molecule has 4 rings (SSSR count). The van der Waals surface area contributed by atoms with Crippen LogP contribution in [0, 0.1) is 12.8 Å². The van der Waals surface area contributed by atoms with Crippen LogP contribution in [-0.2, 0) is 6.54 Å². The summed E-state index contributed by atoms with van der Waals surface area (Å²) in [5.74, 6) is 1.67. The number of likely N-dealkylation sites (tertiary alicyclic amines) is 1. The van der Waals surface area contributed by atoms with Crippen LogP contribution in [0.25, 0.3) is 11.0 Å². The average Bonchev–Trinajstić information content (AvgIpc) is 3.27. The van der Waals surface area contributed by atoms with Gasteiger partial charge in [0.25, 0.3) is 5.91 Å². The predicted molar refractivity (Wildman–Crippen MR) is 96.3 cm³/mol. The van der Waals surface area contributed by atoms with Crippen molar-refractivity contribution < 1.29 is 4.79 Å². The lowest BCUT2D eigenvalue weighted by molar-refractivity contribution is 0.0684. The molecule has 3 heterocycles. The Kier molecular flexibility index (Phi) is 4.26. The van der Waals surface area contributed by atoms with Gasteiger partial charge < -0.3 is 9.88 Å². The maximum absolute atomic E-state index is 12.8. The number of piperidine rings is 1. The molecule has 0 saturated carbocycles. The van der Waals surface area contributed by atoms with Crippen LogP contribution in [0.1, 0.15) is 35.4 Å². The molecule has 0 spiro atoms. The van der Waals surface area contributed by atoms with E-state index in [1.54, 1.807) is 0 Å². The topological polar surface area (TPSA) is 66.8 Å². The maximum Gasteiger partial charge on any atom is 0.253 e. The number of hydrogen-bond acceptors (Lipinski definition) is 3. The number of aryl methyl sites for hydroxylation is 2. The summed E-state index contributed by atoms with van der Waals surface area (Å²) in [5, 5.41) is 4.25. The molecule has 0 unspecified atom stereocenters. The summed E-state index contributed by atoms with van der Waals surface area (Å²) < 4.78 is 1.99. The van der Waals surface area contributed by atoms with E-state index in [-0.39, 0.29) is 5.91 Å². The Morgan fingerprint density at radius 1 is 1.32 bits per heavy atom. The minimum absolute atomic E-state index is 0.125. The lowest BCUT2D eigenvalue weighted by atomic mass is 9.93. The first-order chi connectivity index (χ1) is 12.2. The standard InChI is InChI=1S/C19H23N5O/c1-14-21-17-4-3-16(13-18(17)22-14)19(25)23-10-5-15(6-11-23)7-12-24-9-2-8-20-24/h2-4,8-9,13,15H,5-7,10-12H2,1H3,(H,21,22). The first kappa shape index (κ1) is 15.9. The van der Waals surface area contributed by atoms with Gasteiger partial charge in [0.2, 0.25) is 0 Å². The van der Waals surface area contributed by atoms with Gasteiger partial charge in [-0.25, -0.2) is 4.98 Å². The van der Waals surface area contributed by atoms with Crippen molar-refractivity contribution in [2.75, 3.05) is 13.1 Å². The fraction of sp³-hybridized carbons (Fsp3) is 0.421. The van der Waals surface area contributed by atoms with Gasteiger partial charge in [0.1, 0.15) is 5.82 Å². The summed E-state index contributed by atoms with van der Waals surface area (Å²) in [4.78, 5) is 22.4. The van der Waals surface area contributed by atoms with E-state index < -0.39 is 0 Å². The van der Waals surface area contributed by atoms with Crippen LogP contribution in [0.5, 0.6) is 0 Å². The number of aromatic amines is 1. The molecule has 1 aromatic carbocycles. The average molecular weight is 337 g/mol. The van der Waals surface area contributed by atoms with Crippen molar-refractivity contribution in [2.45, 2.75) is 32.7 Å². The third kappa shape index (κ3) is 3.43. The number of imidazole rings is 1. The Balaban J connectivity index is 1.35. The lowest BCUT2D eigenvalue weighted by Crippen LogP contribution is -2.38. The Bertz CT molecular complexity index is 859. The highest BCUT2D eigenvalue weighted by Crippen LogP contribution is 2.23. The highest BCUT2D eigenvalue weighted by molar-refractivity contribution is 5.97. The van der Waals surface area contributed by atoms with Gasteiger partial charge in [-0.15, -0.1) is 0 Å². The third-order valence-electron chi connectivity index (χ3n) is 5.07. The Morgan fingerprint density at radius 3 is 2.92 bits per heavy atom. The van der Waals surface area contributed by atoms with Crippen molar-refractivity contribution in [3.63, 3.8) is 0 Å². The number of H-pyrrole nitrogens is 1. The first-order valence-electron chi connectivity index (χ1n) is 8.92. The molecule has 0 aliphatic carbocycles. The second kappa shape index (κ2) is 6.70. The fourth-order valence-corrected chi connectivity index (χ4v) is 3.63. The molecular weight excluding hydrogens is 314 g/mol. The largest absolute Gasteiger partial charge is 0.342 e. The molecule has 25 heavy (non-hydrogen) atoms. The summed E-state index contributed by atoms with van der Waals surface area (Å²) in [6.07, 6.45) is 7.09. The molecule has 0 atom stereocenters. The minimum atomic E-state index is 0.125. The van der Waals surface area contributed by atoms with Gasteiger partial charge in [0.05, 0.1) is 11.0 Å². The molecule has 1 saturated heterocycles. The Labute approximate surface area is 146 Å². The van der Waals surface area contributed by atoms with Crippen molar-refractivity contribution in [1.29, 1.82) is 0 Å². The van der Waals surface area contributed by atoms with Crippen LogP contribution < -0.4 is 0 Å². The quantitative estimate of drug-likeness (QED) is 0.796. The molecule has 1 aliphatic heterocycles. The van der Waals surface area contributed by atoms with Gasteiger partial charge in [0.15, 0.2) is 0 Å². The number of fused-ring (bicyclic) bond motifs is 1. The zero-order valence-corrected chi connectivity index (χ0v) is 14.5. The SMILES string of the molecule is Cc1nc2ccc(C(=O)N3CCC(CCn4cccn4)CC3)cc2[nH]1. The number of rotatable bonds is 4. The molecular formula is C19H23N5O. The zero-order chi connectivity index (χ0) is 17.2. The van der Waals surface area contributed by atoms with Gasteiger partial charge in [-0.05, 0) is 56.4 Å². The Morgan fingerprint density at radius 2 is 2.16 bits per heavy atom. The number of nitrogens with zero attached hydrogens (tertiary/aromatic N) is 4. The molecule has 0 bridgehead atoms. The molecule has 1 amide bonds. The number of benzene rings is 1. The van der Waals surface area contributed by atoms with E-state index in [1.165, 1.54) is 0 Å². The number of aromatic nitrogens is 4. The van der Waals surface area contributed by atoms with Crippen molar-refractivity contribution in [1.82, 2.24) is 24.6 Å². The van der Waals surface area contributed by atoms with Crippen molar-refractivity contribution in [2.24, 2.45) is 5.92 Å². The van der Waals surface area contributed by atoms with E-state index in [2.05, 4.69) is 15.1 Å². The van der Waals surface area contributed by atoms with Gasteiger partial charge in [0, 0.05) is 37.6 Å². The molecule has 3 aromatic rings. The van der Waals surface area contributed by atoms with Gasteiger partial charge in [-0.2, -0.15) is 5.10 Å². The van der Waals surface area contributed by atoms with Crippen LogP contribution in [-0.4, -0.2) is 43.6 Å². The van der Waals surface area contributed by atoms with Crippen LogP contribution >= 0.6 is 0 Å². The van der Waals surface area contributed by atoms with Crippen LogP contribution in [0.3, 0.4) is 0 Å². The highest BCUT2D eigenvalue weighted by atomic mass is 16.2. The van der Waals surface area contributed by atoms with Crippen molar-refractivity contribution in [3.05, 3.63) is 48.0 Å². The Hall–Kier alpha value is -2.63. The van der Waals surface area contributed by atoms with E-state index >= 15 is 0 Å². The maximum atomic E-state index is 12.8. The number of carbonyl (C=O) groups excluding carboxylic acids is 1. The number of nitrogens with one attached hydrogen (secondary N) is 1. The van der Waals surface area contributed by atoms with E-state index in [0.29, 0.717) is 5.92 Å². The van der Waals surface area contributed by atoms with E-state index in [9.17, 15) is 4.79 Å². The van der Waals surface area contributed by atoms with E-state index in [0.717, 1.165) is 61.3 Å². The first-order valence-corrected chi connectivity index (χ1v) is 8.92. The molecule has 130 valence electrons. The molecule has 1 N–H and O–H groups in total. The second-order valence-electron chi connectivity index (χ2n) is 6.85. The minimum Gasteiger partial charge on any atom is -0.342 e. The second-order valence-corrected chi connectivity index (χ2v) is 6.85. The van der Waals surface area contributed by atoms with Crippen molar-refractivity contribution in [3.8, 4) is 0 Å². The van der Waals surface area contributed by atoms with Crippen LogP contribution in [0.2, 0.25) is 0 Å². The molecule has 2 aromatic heterocycles. The summed E-state index contributed by atoms with van der Waals surface area (Å²) in [6.45, 7) is 4.56. The molecule has 1 aliphatic rings. The predicted octanol–water partition coefficient (Wildman–Crippen LogP) is 3.01. The molecule has 1 fully saturated rings. The smallest absolute Gasteiger partial charge is 0.253 e. The summed E-state index contributed by atoms with van der Waals surface area (Å²) in [7, 11) is 0. The van der Waals surface area contributed by atoms with Crippen LogP contribution in [0.15, 0.2) is 36.7 Å². The van der Waals surface area contributed by atoms with Gasteiger partial charge in [-0.1, -0.05) is 0 Å². The zero-order valence-electron chi connectivity index (χ0n) is 14.5. The molecule has 6 nitrogen and oxygen atoms in total. The number of amides is 1. The summed E-state index contributed by atoms with van der Waals surface area (Å²) >= 11 is 0. The molecule has 6 heteroatoms. The number of hydrogen-bond donors (Lipinski definition) is 1. The monoisotopic (exact) mass is 337 g/mol. The van der Waals surface area contributed by atoms with Crippen LogP contribution in [0.4, 0.5) is 0 Å². The highest BCUT2D eigenvalue weighted by Gasteiger charge is 2.23. The van der Waals surface area contributed by atoms with E-state index in [1.807, 2.05) is 53.2 Å². The normalized spacial score (nSPS) is 15.8. The van der Waals surface area contributed by atoms with Gasteiger partial charge >= 0.3 is 0 Å². The third-order valence-corrected chi connectivity index (χ3v) is 5.07. The molecule has 0 radical (unpaired) electrons. The lowest BCUT2D eigenvalue weighted by Gasteiger charge is -2.32. The summed E-state index contributed by atoms with van der Waals surface area (Å²) in [6, 6.07) is 7.68. The van der Waals surface area contributed by atoms with Gasteiger partial charge in [-0.3, -0.25) is 9.48 Å². The van der Waals surface area contributed by atoms with Crippen molar-refractivity contribution >= 4 is 16.9 Å². The number of carbonyl (C=O) groups is 1. The summed E-state index contributed by atoms with van der Waals surface area (Å²) in [5.41, 5.74) is 2.58.